The molecule has 2 saturated carbocycles. The zero-order valence-electron chi connectivity index (χ0n) is 13.3. The van der Waals surface area contributed by atoms with Crippen LogP contribution in [0.3, 0.4) is 0 Å². The SMILES string of the molecule is CC1CCCCC1OCC(O)CNC(C)C1CCCC1. The summed E-state index contributed by atoms with van der Waals surface area (Å²) in [5.41, 5.74) is 0. The average molecular weight is 283 g/mol. The van der Waals surface area contributed by atoms with Crippen LogP contribution in [0.4, 0.5) is 0 Å². The maximum absolute atomic E-state index is 10.1. The van der Waals surface area contributed by atoms with Gasteiger partial charge in [0.2, 0.25) is 0 Å². The summed E-state index contributed by atoms with van der Waals surface area (Å²) in [5.74, 6) is 1.46. The van der Waals surface area contributed by atoms with Crippen LogP contribution >= 0.6 is 0 Å². The number of ether oxygens (including phenoxy) is 1. The third kappa shape index (κ3) is 5.01. The molecule has 2 fully saturated rings. The van der Waals surface area contributed by atoms with E-state index in [0.29, 0.717) is 31.2 Å². The van der Waals surface area contributed by atoms with Crippen LogP contribution < -0.4 is 5.32 Å². The van der Waals surface area contributed by atoms with Gasteiger partial charge in [0.25, 0.3) is 0 Å². The average Bonchev–Trinajstić information content (AvgIpc) is 2.98. The normalized spacial score (nSPS) is 31.4. The van der Waals surface area contributed by atoms with E-state index in [9.17, 15) is 5.11 Å². The molecule has 118 valence electrons. The first-order chi connectivity index (χ1) is 9.66. The molecule has 0 bridgehead atoms. The Hall–Kier alpha value is -0.120. The number of hydrogen-bond donors (Lipinski definition) is 2. The van der Waals surface area contributed by atoms with Crippen molar-refractivity contribution >= 4 is 0 Å². The Bertz CT molecular complexity index is 266. The van der Waals surface area contributed by atoms with Crippen molar-refractivity contribution in [1.82, 2.24) is 5.32 Å². The van der Waals surface area contributed by atoms with Crippen molar-refractivity contribution in [3.05, 3.63) is 0 Å². The van der Waals surface area contributed by atoms with E-state index in [1.54, 1.807) is 0 Å². The van der Waals surface area contributed by atoms with Gasteiger partial charge < -0.3 is 15.2 Å². The molecule has 0 amide bonds. The summed E-state index contributed by atoms with van der Waals surface area (Å²) in [6.07, 6.45) is 10.5. The third-order valence-corrected chi connectivity index (χ3v) is 5.32. The van der Waals surface area contributed by atoms with Crippen LogP contribution in [0, 0.1) is 11.8 Å². The zero-order valence-corrected chi connectivity index (χ0v) is 13.3. The van der Waals surface area contributed by atoms with Gasteiger partial charge in [0, 0.05) is 12.6 Å². The molecule has 4 unspecified atom stereocenters. The number of hydrogen-bond acceptors (Lipinski definition) is 3. The summed E-state index contributed by atoms with van der Waals surface area (Å²) >= 11 is 0. The number of rotatable bonds is 7. The molecule has 0 radical (unpaired) electrons. The molecule has 0 spiro atoms. The monoisotopic (exact) mass is 283 g/mol. The van der Waals surface area contributed by atoms with E-state index in [4.69, 9.17) is 4.74 Å². The first kappa shape index (κ1) is 16.3. The van der Waals surface area contributed by atoms with Crippen molar-refractivity contribution in [2.75, 3.05) is 13.2 Å². The molecule has 2 rings (SSSR count). The fourth-order valence-corrected chi connectivity index (χ4v) is 3.77. The molecule has 3 nitrogen and oxygen atoms in total. The van der Waals surface area contributed by atoms with E-state index in [0.717, 1.165) is 5.92 Å². The Morgan fingerprint density at radius 3 is 2.45 bits per heavy atom. The predicted molar refractivity (Wildman–Crippen MR) is 82.8 cm³/mol. The van der Waals surface area contributed by atoms with Gasteiger partial charge in [-0.2, -0.15) is 0 Å². The summed E-state index contributed by atoms with van der Waals surface area (Å²) in [5, 5.41) is 13.6. The highest BCUT2D eigenvalue weighted by Crippen LogP contribution is 2.28. The molecule has 0 saturated heterocycles. The van der Waals surface area contributed by atoms with Crippen LogP contribution in [0.2, 0.25) is 0 Å². The number of aliphatic hydroxyl groups is 1. The van der Waals surface area contributed by atoms with Crippen LogP contribution in [0.15, 0.2) is 0 Å². The van der Waals surface area contributed by atoms with Gasteiger partial charge in [0.05, 0.1) is 18.8 Å². The van der Waals surface area contributed by atoms with Gasteiger partial charge in [-0.25, -0.2) is 0 Å². The maximum atomic E-state index is 10.1. The molecule has 2 N–H and O–H groups in total. The molecule has 0 aromatic heterocycles. The Labute approximate surface area is 124 Å². The van der Waals surface area contributed by atoms with Gasteiger partial charge in [-0.1, -0.05) is 32.6 Å². The lowest BCUT2D eigenvalue weighted by atomic mass is 9.88. The molecule has 2 aliphatic rings. The lowest BCUT2D eigenvalue weighted by Crippen LogP contribution is -2.40. The highest BCUT2D eigenvalue weighted by atomic mass is 16.5. The fourth-order valence-electron chi connectivity index (χ4n) is 3.77. The van der Waals surface area contributed by atoms with Gasteiger partial charge in [-0.15, -0.1) is 0 Å². The van der Waals surface area contributed by atoms with E-state index in [-0.39, 0.29) is 6.10 Å². The van der Waals surface area contributed by atoms with Crippen LogP contribution in [-0.4, -0.2) is 36.5 Å². The first-order valence-corrected chi connectivity index (χ1v) is 8.70. The van der Waals surface area contributed by atoms with Gasteiger partial charge in [-0.05, 0) is 44.4 Å². The topological polar surface area (TPSA) is 41.5 Å². The van der Waals surface area contributed by atoms with Crippen molar-refractivity contribution in [1.29, 1.82) is 0 Å². The smallest absolute Gasteiger partial charge is 0.0897 e. The van der Waals surface area contributed by atoms with E-state index in [1.165, 1.54) is 51.4 Å². The maximum Gasteiger partial charge on any atom is 0.0897 e. The second kappa shape index (κ2) is 8.35. The molecule has 3 heteroatoms. The summed E-state index contributed by atoms with van der Waals surface area (Å²) < 4.78 is 5.92. The van der Waals surface area contributed by atoms with Crippen LogP contribution in [0.1, 0.15) is 65.2 Å². The molecular weight excluding hydrogens is 250 g/mol. The van der Waals surface area contributed by atoms with Crippen LogP contribution in [-0.2, 0) is 4.74 Å². The minimum atomic E-state index is -0.368. The van der Waals surface area contributed by atoms with Crippen molar-refractivity contribution in [3.63, 3.8) is 0 Å². The lowest BCUT2D eigenvalue weighted by Gasteiger charge is -2.30. The predicted octanol–water partition coefficient (Wildman–Crippen LogP) is 3.11. The highest BCUT2D eigenvalue weighted by molar-refractivity contribution is 4.78. The first-order valence-electron chi connectivity index (χ1n) is 8.70. The van der Waals surface area contributed by atoms with Gasteiger partial charge in [0.15, 0.2) is 0 Å². The van der Waals surface area contributed by atoms with Crippen molar-refractivity contribution in [2.45, 2.75) is 83.5 Å². The zero-order chi connectivity index (χ0) is 14.4. The second-order valence-electron chi connectivity index (χ2n) is 7.03. The molecule has 2 aliphatic carbocycles. The molecule has 0 aromatic rings. The Morgan fingerprint density at radius 1 is 1.10 bits per heavy atom. The second-order valence-corrected chi connectivity index (χ2v) is 7.03. The summed E-state index contributed by atoms with van der Waals surface area (Å²) in [4.78, 5) is 0. The third-order valence-electron chi connectivity index (χ3n) is 5.32. The van der Waals surface area contributed by atoms with Crippen LogP contribution in [0.25, 0.3) is 0 Å². The van der Waals surface area contributed by atoms with Gasteiger partial charge in [-0.3, -0.25) is 0 Å². The van der Waals surface area contributed by atoms with Crippen molar-refractivity contribution < 1.29 is 9.84 Å². The largest absolute Gasteiger partial charge is 0.389 e. The Kier molecular flexibility index (Phi) is 6.79. The van der Waals surface area contributed by atoms with E-state index < -0.39 is 0 Å². The van der Waals surface area contributed by atoms with E-state index >= 15 is 0 Å². The quantitative estimate of drug-likeness (QED) is 0.754. The molecule has 4 atom stereocenters. The fraction of sp³-hybridized carbons (Fsp3) is 1.00. The minimum Gasteiger partial charge on any atom is -0.389 e. The number of aliphatic hydroxyl groups excluding tert-OH is 1. The lowest BCUT2D eigenvalue weighted by molar-refractivity contribution is -0.0458. The summed E-state index contributed by atoms with van der Waals surface area (Å²) in [7, 11) is 0. The molecular formula is C17H33NO2. The molecule has 20 heavy (non-hydrogen) atoms. The molecule has 0 aromatic carbocycles. The molecule has 0 heterocycles. The Balaban J connectivity index is 1.58. The molecule has 0 aliphatic heterocycles. The van der Waals surface area contributed by atoms with Crippen molar-refractivity contribution in [2.24, 2.45) is 11.8 Å². The number of nitrogens with one attached hydrogen (secondary N) is 1. The van der Waals surface area contributed by atoms with E-state index in [1.807, 2.05) is 0 Å². The van der Waals surface area contributed by atoms with Crippen LogP contribution in [0.5, 0.6) is 0 Å². The van der Waals surface area contributed by atoms with Gasteiger partial charge >= 0.3 is 0 Å². The highest BCUT2D eigenvalue weighted by Gasteiger charge is 2.24. The summed E-state index contributed by atoms with van der Waals surface area (Å²) in [6.45, 7) is 5.68. The summed E-state index contributed by atoms with van der Waals surface area (Å²) in [6, 6.07) is 0.528. The van der Waals surface area contributed by atoms with Gasteiger partial charge in [0.1, 0.15) is 0 Å². The Morgan fingerprint density at radius 2 is 1.75 bits per heavy atom. The van der Waals surface area contributed by atoms with E-state index in [2.05, 4.69) is 19.2 Å². The standard InChI is InChI=1S/C17H33NO2/c1-13-7-3-6-10-17(13)20-12-16(19)11-18-14(2)15-8-4-5-9-15/h13-19H,3-12H2,1-2H3. The van der Waals surface area contributed by atoms with Crippen molar-refractivity contribution in [3.8, 4) is 0 Å². The minimum absolute atomic E-state index is 0.366.